The van der Waals surface area contributed by atoms with E-state index in [1.165, 1.54) is 5.56 Å². The van der Waals surface area contributed by atoms with Crippen LogP contribution < -0.4 is 0 Å². The van der Waals surface area contributed by atoms with E-state index in [2.05, 4.69) is 22.4 Å². The van der Waals surface area contributed by atoms with E-state index in [0.717, 1.165) is 0 Å². The summed E-state index contributed by atoms with van der Waals surface area (Å²) in [4.78, 5) is 23.4. The molecule has 0 radical (unpaired) electrons. The number of aliphatic hydroxyl groups is 2. The van der Waals surface area contributed by atoms with Crippen molar-refractivity contribution in [2.45, 2.75) is 18.8 Å². The molecule has 0 aliphatic rings. The van der Waals surface area contributed by atoms with E-state index in [-0.39, 0.29) is 0 Å². The second-order valence-corrected chi connectivity index (χ2v) is 3.64. The number of aliphatic carboxylic acids is 2. The summed E-state index contributed by atoms with van der Waals surface area (Å²) in [6.07, 6.45) is -4.53. The van der Waals surface area contributed by atoms with Gasteiger partial charge in [0.25, 0.3) is 0 Å². The summed E-state index contributed by atoms with van der Waals surface area (Å²) in [7, 11) is 0. The summed E-state index contributed by atoms with van der Waals surface area (Å²) in [5.74, 6) is -3.54. The number of hydrogen-bond donors (Lipinski definition) is 4. The quantitative estimate of drug-likeness (QED) is 0.450. The van der Waals surface area contributed by atoms with Gasteiger partial charge in [-0.15, -0.1) is 0 Å². The first-order valence-electron chi connectivity index (χ1n) is 5.29. The number of carboxylic acids is 2. The average Bonchev–Trinajstić information content (AvgIpc) is 2.45. The molecule has 1 rings (SSSR count). The minimum atomic E-state index is -2.27. The maximum Gasteiger partial charge on any atom is 0.335 e. The third kappa shape index (κ3) is 7.34. The molecule has 108 valence electrons. The fraction of sp³-hybridized carbons (Fsp3) is 0.250. The molecule has 2 unspecified atom stereocenters. The van der Waals surface area contributed by atoms with E-state index in [1.54, 1.807) is 0 Å². The molecule has 0 aromatic heterocycles. The van der Waals surface area contributed by atoms with Crippen LogP contribution in [0.1, 0.15) is 5.56 Å². The first-order chi connectivity index (χ1) is 9.40. The predicted octanol–water partition coefficient (Wildman–Crippen LogP) is 0.167. The third-order valence-electron chi connectivity index (χ3n) is 1.97. The molecular weight excluding hydrogens is 286 g/mol. The Morgan fingerprint density at radius 2 is 1.55 bits per heavy atom. The van der Waals surface area contributed by atoms with Gasteiger partial charge >= 0.3 is 11.9 Å². The first-order valence-corrected chi connectivity index (χ1v) is 5.70. The van der Waals surface area contributed by atoms with Gasteiger partial charge in [0.1, 0.15) is 0 Å². The van der Waals surface area contributed by atoms with Gasteiger partial charge in [-0.25, -0.2) is 14.6 Å². The zero-order valence-corrected chi connectivity index (χ0v) is 11.0. The van der Waals surface area contributed by atoms with Crippen molar-refractivity contribution < 1.29 is 30.0 Å². The number of carbonyl (C=O) groups is 2. The molecule has 8 heteroatoms. The Kier molecular flexibility index (Phi) is 8.73. The summed E-state index contributed by atoms with van der Waals surface area (Å²) in [6, 6.07) is 9.96. The van der Waals surface area contributed by atoms with Crippen LogP contribution in [-0.2, 0) is 16.1 Å². The zero-order valence-electron chi connectivity index (χ0n) is 10.2. The fourth-order valence-corrected chi connectivity index (χ4v) is 1.04. The number of carboxylic acid groups (broad SMARTS) is 2. The lowest BCUT2D eigenvalue weighted by atomic mass is 10.2. The molecular formula is C12H13NO6S. The van der Waals surface area contributed by atoms with E-state index >= 15 is 0 Å². The van der Waals surface area contributed by atoms with Crippen LogP contribution in [-0.4, -0.2) is 49.7 Å². The van der Waals surface area contributed by atoms with Crippen LogP contribution >= 0.6 is 12.2 Å². The maximum absolute atomic E-state index is 9.77. The third-order valence-corrected chi connectivity index (χ3v) is 2.10. The number of rotatable bonds is 5. The van der Waals surface area contributed by atoms with E-state index in [0.29, 0.717) is 6.54 Å². The van der Waals surface area contributed by atoms with Crippen molar-refractivity contribution in [2.24, 2.45) is 4.99 Å². The van der Waals surface area contributed by atoms with Crippen LogP contribution in [0, 0.1) is 0 Å². The second-order valence-electron chi connectivity index (χ2n) is 3.46. The largest absolute Gasteiger partial charge is 0.479 e. The van der Waals surface area contributed by atoms with Gasteiger partial charge in [0.05, 0.1) is 11.7 Å². The van der Waals surface area contributed by atoms with E-state index in [1.807, 2.05) is 30.3 Å². The number of aliphatic imine (C=N–C) groups is 1. The summed E-state index contributed by atoms with van der Waals surface area (Å²) in [5, 5.41) is 34.9. The Hall–Kier alpha value is -2.12. The van der Waals surface area contributed by atoms with Crippen molar-refractivity contribution >= 4 is 29.3 Å². The summed E-state index contributed by atoms with van der Waals surface area (Å²) in [5.41, 5.74) is 1.17. The van der Waals surface area contributed by atoms with E-state index in [9.17, 15) is 9.59 Å². The molecule has 0 aliphatic heterocycles. The minimum absolute atomic E-state index is 0.643. The summed E-state index contributed by atoms with van der Waals surface area (Å²) in [6.45, 7) is 0.643. The summed E-state index contributed by atoms with van der Waals surface area (Å²) < 4.78 is 0. The molecule has 20 heavy (non-hydrogen) atoms. The average molecular weight is 299 g/mol. The smallest absolute Gasteiger partial charge is 0.335 e. The van der Waals surface area contributed by atoms with Gasteiger partial charge < -0.3 is 20.4 Å². The number of benzene rings is 1. The van der Waals surface area contributed by atoms with Crippen LogP contribution in [0.15, 0.2) is 35.3 Å². The van der Waals surface area contributed by atoms with Crippen LogP contribution in [0.25, 0.3) is 0 Å². The monoisotopic (exact) mass is 299 g/mol. The van der Waals surface area contributed by atoms with Gasteiger partial charge in [-0.2, -0.15) is 0 Å². The lowest BCUT2D eigenvalue weighted by molar-refractivity contribution is -0.165. The molecule has 1 aromatic rings. The van der Waals surface area contributed by atoms with E-state index < -0.39 is 24.1 Å². The van der Waals surface area contributed by atoms with Crippen LogP contribution in [0.4, 0.5) is 0 Å². The lowest BCUT2D eigenvalue weighted by Gasteiger charge is -2.07. The van der Waals surface area contributed by atoms with Crippen molar-refractivity contribution in [2.75, 3.05) is 0 Å². The highest BCUT2D eigenvalue weighted by atomic mass is 32.1. The fourth-order valence-electron chi connectivity index (χ4n) is 0.977. The molecule has 2 atom stereocenters. The highest BCUT2D eigenvalue weighted by Crippen LogP contribution is 1.98. The van der Waals surface area contributed by atoms with Crippen LogP contribution in [0.2, 0.25) is 0 Å². The number of thiocarbonyl (C=S) groups is 1. The minimum Gasteiger partial charge on any atom is -0.479 e. The SMILES string of the molecule is O=C(O)C(O)C(O)C(=O)O.S=C=NCc1ccccc1. The van der Waals surface area contributed by atoms with Crippen molar-refractivity contribution in [1.82, 2.24) is 0 Å². The topological polar surface area (TPSA) is 127 Å². The van der Waals surface area contributed by atoms with Gasteiger partial charge in [0.2, 0.25) is 0 Å². The first kappa shape index (κ1) is 17.9. The molecule has 1 aromatic carbocycles. The van der Waals surface area contributed by atoms with Crippen molar-refractivity contribution in [1.29, 1.82) is 0 Å². The Labute approximate surface area is 119 Å². The van der Waals surface area contributed by atoms with Gasteiger partial charge in [0, 0.05) is 0 Å². The molecule has 0 bridgehead atoms. The van der Waals surface area contributed by atoms with Gasteiger partial charge in [0.15, 0.2) is 12.2 Å². The van der Waals surface area contributed by atoms with Crippen molar-refractivity contribution in [3.8, 4) is 0 Å². The second kappa shape index (κ2) is 9.76. The molecule has 0 saturated carbocycles. The Bertz CT molecular complexity index is 468. The molecule has 0 fully saturated rings. The van der Waals surface area contributed by atoms with Crippen LogP contribution in [0.5, 0.6) is 0 Å². The molecule has 0 aliphatic carbocycles. The van der Waals surface area contributed by atoms with Gasteiger partial charge in [-0.05, 0) is 17.8 Å². The van der Waals surface area contributed by atoms with Gasteiger partial charge in [-0.1, -0.05) is 30.3 Å². The molecule has 0 heterocycles. The molecule has 4 N–H and O–H groups in total. The predicted molar refractivity (Wildman–Crippen MR) is 72.5 cm³/mol. The number of nitrogens with zero attached hydrogens (tertiary/aromatic N) is 1. The zero-order chi connectivity index (χ0) is 15.5. The van der Waals surface area contributed by atoms with Crippen LogP contribution in [0.3, 0.4) is 0 Å². The lowest BCUT2D eigenvalue weighted by Crippen LogP contribution is -2.39. The standard InChI is InChI=1S/C8H7NS.C4H6O6/c10-7-9-6-8-4-2-1-3-5-8;5-1(3(7)8)2(6)4(9)10/h1-5H,6H2;1-2,5-6H,(H,7,8)(H,9,10). The highest BCUT2D eigenvalue weighted by molar-refractivity contribution is 7.78. The molecule has 0 amide bonds. The Balaban J connectivity index is 0.000000361. The van der Waals surface area contributed by atoms with Crippen molar-refractivity contribution in [3.63, 3.8) is 0 Å². The molecule has 0 saturated heterocycles. The molecule has 7 nitrogen and oxygen atoms in total. The van der Waals surface area contributed by atoms with Gasteiger partial charge in [-0.3, -0.25) is 0 Å². The number of hydrogen-bond acceptors (Lipinski definition) is 6. The Morgan fingerprint density at radius 3 is 1.90 bits per heavy atom. The highest BCUT2D eigenvalue weighted by Gasteiger charge is 2.29. The normalized spacial score (nSPS) is 12.1. The van der Waals surface area contributed by atoms with Crippen molar-refractivity contribution in [3.05, 3.63) is 35.9 Å². The Morgan fingerprint density at radius 1 is 1.10 bits per heavy atom. The number of aliphatic hydroxyl groups excluding tert-OH is 2. The van der Waals surface area contributed by atoms with E-state index in [4.69, 9.17) is 20.4 Å². The number of isothiocyanates is 1. The summed E-state index contributed by atoms with van der Waals surface area (Å²) >= 11 is 4.43. The maximum atomic E-state index is 9.77. The molecule has 0 spiro atoms.